The molecule has 5 heteroatoms. The Morgan fingerprint density at radius 2 is 2.06 bits per heavy atom. The van der Waals surface area contributed by atoms with E-state index in [0.717, 1.165) is 0 Å². The van der Waals surface area contributed by atoms with Crippen LogP contribution in [-0.2, 0) is 4.79 Å². The van der Waals surface area contributed by atoms with E-state index in [0.29, 0.717) is 11.6 Å². The molecule has 3 N–H and O–H groups in total. The van der Waals surface area contributed by atoms with E-state index in [1.165, 1.54) is 0 Å². The standard InChI is InChI=1S/C13H21N3O2/c1-8(2)11(14)12(17)16-10-6-5-7-15-13(10)18-9(3)4/h5-9,11H,14H2,1-4H3,(H,16,17)/t11-/m0/s1. The van der Waals surface area contributed by atoms with Gasteiger partial charge in [0, 0.05) is 6.20 Å². The van der Waals surface area contributed by atoms with Gasteiger partial charge < -0.3 is 15.8 Å². The predicted molar refractivity (Wildman–Crippen MR) is 71.4 cm³/mol. The molecule has 1 aromatic rings. The number of aromatic nitrogens is 1. The van der Waals surface area contributed by atoms with Crippen LogP contribution in [0, 0.1) is 5.92 Å². The van der Waals surface area contributed by atoms with Crippen molar-refractivity contribution in [3.63, 3.8) is 0 Å². The van der Waals surface area contributed by atoms with E-state index < -0.39 is 6.04 Å². The number of ether oxygens (including phenoxy) is 1. The van der Waals surface area contributed by atoms with Crippen molar-refractivity contribution in [1.82, 2.24) is 4.98 Å². The molecule has 1 aromatic heterocycles. The first kappa shape index (κ1) is 14.4. The van der Waals surface area contributed by atoms with Gasteiger partial charge in [-0.15, -0.1) is 0 Å². The van der Waals surface area contributed by atoms with Crippen molar-refractivity contribution in [3.8, 4) is 5.88 Å². The molecule has 0 aliphatic carbocycles. The number of hydrogen-bond acceptors (Lipinski definition) is 4. The van der Waals surface area contributed by atoms with Crippen LogP contribution in [0.5, 0.6) is 5.88 Å². The summed E-state index contributed by atoms with van der Waals surface area (Å²) in [5, 5.41) is 2.75. The van der Waals surface area contributed by atoms with Crippen LogP contribution in [0.4, 0.5) is 5.69 Å². The molecule has 0 radical (unpaired) electrons. The third-order valence-corrected chi connectivity index (χ3v) is 2.40. The minimum Gasteiger partial charge on any atom is -0.473 e. The zero-order valence-electron chi connectivity index (χ0n) is 11.3. The molecule has 1 atom stereocenters. The van der Waals surface area contributed by atoms with E-state index in [9.17, 15) is 4.79 Å². The highest BCUT2D eigenvalue weighted by Gasteiger charge is 2.19. The SMILES string of the molecule is CC(C)Oc1ncccc1NC(=O)[C@@H](N)C(C)C. The fourth-order valence-corrected chi connectivity index (χ4v) is 1.32. The summed E-state index contributed by atoms with van der Waals surface area (Å²) in [6, 6.07) is 2.94. The second kappa shape index (κ2) is 6.35. The van der Waals surface area contributed by atoms with Gasteiger partial charge in [0.2, 0.25) is 11.8 Å². The van der Waals surface area contributed by atoms with Crippen molar-refractivity contribution in [2.75, 3.05) is 5.32 Å². The topological polar surface area (TPSA) is 77.2 Å². The molecule has 0 saturated heterocycles. The first-order valence-corrected chi connectivity index (χ1v) is 6.10. The minimum atomic E-state index is -0.544. The van der Waals surface area contributed by atoms with E-state index in [1.807, 2.05) is 27.7 Å². The van der Waals surface area contributed by atoms with Crippen LogP contribution in [0.15, 0.2) is 18.3 Å². The summed E-state index contributed by atoms with van der Waals surface area (Å²) >= 11 is 0. The lowest BCUT2D eigenvalue weighted by Gasteiger charge is -2.17. The Bertz CT molecular complexity index is 405. The zero-order chi connectivity index (χ0) is 13.7. The van der Waals surface area contributed by atoms with Crippen molar-refractivity contribution in [3.05, 3.63) is 18.3 Å². The Morgan fingerprint density at radius 3 is 2.61 bits per heavy atom. The number of amides is 1. The maximum Gasteiger partial charge on any atom is 0.241 e. The molecule has 0 aliphatic heterocycles. The smallest absolute Gasteiger partial charge is 0.241 e. The second-order valence-electron chi connectivity index (χ2n) is 4.78. The van der Waals surface area contributed by atoms with Gasteiger partial charge in [0.1, 0.15) is 5.69 Å². The summed E-state index contributed by atoms with van der Waals surface area (Å²) in [4.78, 5) is 16.0. The fraction of sp³-hybridized carbons (Fsp3) is 0.538. The van der Waals surface area contributed by atoms with Crippen molar-refractivity contribution in [2.45, 2.75) is 39.8 Å². The van der Waals surface area contributed by atoms with Crippen LogP contribution in [0.3, 0.4) is 0 Å². The van der Waals surface area contributed by atoms with Crippen LogP contribution in [0.1, 0.15) is 27.7 Å². The molecule has 0 aliphatic rings. The molecule has 1 amide bonds. The van der Waals surface area contributed by atoms with E-state index in [2.05, 4.69) is 10.3 Å². The van der Waals surface area contributed by atoms with E-state index in [1.54, 1.807) is 18.3 Å². The minimum absolute atomic E-state index is 0.00526. The van der Waals surface area contributed by atoms with Gasteiger partial charge in [-0.05, 0) is 31.9 Å². The van der Waals surface area contributed by atoms with Gasteiger partial charge in [-0.25, -0.2) is 4.98 Å². The molecule has 0 fully saturated rings. The van der Waals surface area contributed by atoms with Gasteiger partial charge >= 0.3 is 0 Å². The number of nitrogens with zero attached hydrogens (tertiary/aromatic N) is 1. The lowest BCUT2D eigenvalue weighted by molar-refractivity contribution is -0.118. The molecule has 1 heterocycles. The first-order valence-electron chi connectivity index (χ1n) is 6.10. The normalized spacial score (nSPS) is 12.6. The van der Waals surface area contributed by atoms with Crippen molar-refractivity contribution in [1.29, 1.82) is 0 Å². The van der Waals surface area contributed by atoms with E-state index in [4.69, 9.17) is 10.5 Å². The summed E-state index contributed by atoms with van der Waals surface area (Å²) in [6.07, 6.45) is 1.62. The zero-order valence-corrected chi connectivity index (χ0v) is 11.3. The largest absolute Gasteiger partial charge is 0.473 e. The molecular formula is C13H21N3O2. The maximum atomic E-state index is 11.9. The summed E-state index contributed by atoms with van der Waals surface area (Å²) in [7, 11) is 0. The highest BCUT2D eigenvalue weighted by atomic mass is 16.5. The molecule has 1 rings (SSSR count). The average molecular weight is 251 g/mol. The maximum absolute atomic E-state index is 11.9. The Kier molecular flexibility index (Phi) is 5.09. The Morgan fingerprint density at radius 1 is 1.39 bits per heavy atom. The van der Waals surface area contributed by atoms with Crippen LogP contribution in [-0.4, -0.2) is 23.0 Å². The monoisotopic (exact) mass is 251 g/mol. The third kappa shape index (κ3) is 4.00. The highest BCUT2D eigenvalue weighted by Crippen LogP contribution is 2.22. The lowest BCUT2D eigenvalue weighted by atomic mass is 10.1. The number of anilines is 1. The average Bonchev–Trinajstić information content (AvgIpc) is 2.29. The summed E-state index contributed by atoms with van der Waals surface area (Å²) < 4.78 is 5.52. The molecule has 5 nitrogen and oxygen atoms in total. The van der Waals surface area contributed by atoms with Gasteiger partial charge in [-0.1, -0.05) is 13.8 Å². The molecule has 0 spiro atoms. The van der Waals surface area contributed by atoms with Crippen LogP contribution < -0.4 is 15.8 Å². The number of rotatable bonds is 5. The number of nitrogens with two attached hydrogens (primary N) is 1. The number of hydrogen-bond donors (Lipinski definition) is 2. The molecule has 0 bridgehead atoms. The molecule has 0 saturated carbocycles. The number of carbonyl (C=O) groups excluding carboxylic acids is 1. The summed E-state index contributed by atoms with van der Waals surface area (Å²) in [5.41, 5.74) is 6.33. The first-order chi connectivity index (χ1) is 8.41. The Hall–Kier alpha value is -1.62. The number of nitrogens with one attached hydrogen (secondary N) is 1. The van der Waals surface area contributed by atoms with Crippen LogP contribution in [0.2, 0.25) is 0 Å². The third-order valence-electron chi connectivity index (χ3n) is 2.40. The van der Waals surface area contributed by atoms with Crippen molar-refractivity contribution >= 4 is 11.6 Å². The highest BCUT2D eigenvalue weighted by molar-refractivity contribution is 5.95. The van der Waals surface area contributed by atoms with Gasteiger partial charge in [-0.3, -0.25) is 4.79 Å². The molecule has 18 heavy (non-hydrogen) atoms. The Balaban J connectivity index is 2.81. The summed E-state index contributed by atoms with van der Waals surface area (Å²) in [6.45, 7) is 7.61. The fourth-order valence-electron chi connectivity index (χ4n) is 1.32. The molecular weight excluding hydrogens is 230 g/mol. The number of carbonyl (C=O) groups is 1. The second-order valence-corrected chi connectivity index (χ2v) is 4.78. The summed E-state index contributed by atoms with van der Waals surface area (Å²) in [5.74, 6) is 0.263. The van der Waals surface area contributed by atoms with Crippen LogP contribution >= 0.6 is 0 Å². The Labute approximate surface area is 108 Å². The van der Waals surface area contributed by atoms with Gasteiger partial charge in [0.05, 0.1) is 12.1 Å². The quantitative estimate of drug-likeness (QED) is 0.836. The van der Waals surface area contributed by atoms with Gasteiger partial charge in [0.25, 0.3) is 0 Å². The van der Waals surface area contributed by atoms with Gasteiger partial charge in [0.15, 0.2) is 0 Å². The van der Waals surface area contributed by atoms with E-state index >= 15 is 0 Å². The molecule has 100 valence electrons. The lowest BCUT2D eigenvalue weighted by Crippen LogP contribution is -2.39. The van der Waals surface area contributed by atoms with Crippen LogP contribution in [0.25, 0.3) is 0 Å². The van der Waals surface area contributed by atoms with Gasteiger partial charge in [-0.2, -0.15) is 0 Å². The predicted octanol–water partition coefficient (Wildman–Crippen LogP) is 1.79. The number of pyridine rings is 1. The van der Waals surface area contributed by atoms with Crippen molar-refractivity contribution < 1.29 is 9.53 Å². The van der Waals surface area contributed by atoms with E-state index in [-0.39, 0.29) is 17.9 Å². The molecule has 0 unspecified atom stereocenters. The molecule has 0 aromatic carbocycles. The van der Waals surface area contributed by atoms with Crippen molar-refractivity contribution in [2.24, 2.45) is 11.7 Å².